The van der Waals surface area contributed by atoms with Gasteiger partial charge in [0, 0.05) is 39.8 Å². The van der Waals surface area contributed by atoms with Gasteiger partial charge in [0.05, 0.1) is 6.10 Å². The molecule has 0 aromatic heterocycles. The van der Waals surface area contributed by atoms with E-state index < -0.39 is 5.60 Å². The monoisotopic (exact) mass is 432 g/mol. The summed E-state index contributed by atoms with van der Waals surface area (Å²) in [5.74, 6) is 0.965. The molecule has 0 aliphatic carbocycles. The average molecular weight is 433 g/mol. The van der Waals surface area contributed by atoms with E-state index in [-0.39, 0.29) is 12.2 Å². The fraction of sp³-hybridized carbons (Fsp3) is 0.667. The summed E-state index contributed by atoms with van der Waals surface area (Å²) in [7, 11) is 1.84. The highest BCUT2D eigenvalue weighted by Gasteiger charge is 2.22. The standard InChI is InChI=1S/C24H40N4O3/c1-19-7-9-20(10-8-19)11-15-26-22(25-5)28-16-12-21(13-17-28)30-18-6-14-27-23(29)31-24(2,3)4/h7-10,21H,6,11-18H2,1-5H3,(H,25,26)(H,27,29). The summed E-state index contributed by atoms with van der Waals surface area (Å²) in [6.07, 6.45) is 3.62. The van der Waals surface area contributed by atoms with Gasteiger partial charge in [-0.1, -0.05) is 29.8 Å². The van der Waals surface area contributed by atoms with Gasteiger partial charge in [0.2, 0.25) is 0 Å². The van der Waals surface area contributed by atoms with Crippen LogP contribution in [0.25, 0.3) is 0 Å². The van der Waals surface area contributed by atoms with Crippen LogP contribution in [0, 0.1) is 6.92 Å². The fourth-order valence-electron chi connectivity index (χ4n) is 3.47. The van der Waals surface area contributed by atoms with Crippen molar-refractivity contribution < 1.29 is 14.3 Å². The second-order valence-electron chi connectivity index (χ2n) is 9.05. The number of ether oxygens (including phenoxy) is 2. The van der Waals surface area contributed by atoms with Crippen molar-refractivity contribution in [3.63, 3.8) is 0 Å². The number of guanidine groups is 1. The highest BCUT2D eigenvalue weighted by molar-refractivity contribution is 5.80. The maximum atomic E-state index is 11.6. The molecule has 7 heteroatoms. The number of carbonyl (C=O) groups is 1. The lowest BCUT2D eigenvalue weighted by Crippen LogP contribution is -2.47. The molecule has 1 aliphatic heterocycles. The molecule has 1 heterocycles. The summed E-state index contributed by atoms with van der Waals surface area (Å²) in [6, 6.07) is 8.68. The Morgan fingerprint density at radius 2 is 1.81 bits per heavy atom. The molecule has 2 rings (SSSR count). The Labute approximate surface area is 187 Å². The lowest BCUT2D eigenvalue weighted by molar-refractivity contribution is 0.0170. The van der Waals surface area contributed by atoms with Crippen LogP contribution in [0.2, 0.25) is 0 Å². The van der Waals surface area contributed by atoms with Crippen LogP contribution in [-0.4, -0.2) is 68.5 Å². The van der Waals surface area contributed by atoms with E-state index in [9.17, 15) is 4.79 Å². The van der Waals surface area contributed by atoms with E-state index in [0.29, 0.717) is 13.2 Å². The van der Waals surface area contributed by atoms with Gasteiger partial charge in [-0.15, -0.1) is 0 Å². The number of rotatable bonds is 8. The second kappa shape index (κ2) is 12.5. The molecule has 0 spiro atoms. The lowest BCUT2D eigenvalue weighted by atomic mass is 10.1. The van der Waals surface area contributed by atoms with E-state index >= 15 is 0 Å². The van der Waals surface area contributed by atoms with Crippen molar-refractivity contribution in [1.29, 1.82) is 0 Å². The van der Waals surface area contributed by atoms with E-state index in [0.717, 1.165) is 51.3 Å². The second-order valence-corrected chi connectivity index (χ2v) is 9.05. The zero-order valence-corrected chi connectivity index (χ0v) is 19.9. The number of alkyl carbamates (subject to hydrolysis) is 1. The molecule has 1 aliphatic rings. The predicted octanol–water partition coefficient (Wildman–Crippen LogP) is 3.51. The van der Waals surface area contributed by atoms with E-state index in [1.807, 2.05) is 27.8 Å². The van der Waals surface area contributed by atoms with E-state index in [2.05, 4.69) is 51.7 Å². The first kappa shape index (κ1) is 25.0. The predicted molar refractivity (Wildman–Crippen MR) is 126 cm³/mol. The molecule has 1 aromatic carbocycles. The molecule has 0 saturated carbocycles. The topological polar surface area (TPSA) is 75.2 Å². The first-order valence-electron chi connectivity index (χ1n) is 11.4. The largest absolute Gasteiger partial charge is 0.444 e. The Morgan fingerprint density at radius 1 is 1.13 bits per heavy atom. The van der Waals surface area contributed by atoms with Gasteiger partial charge in [-0.2, -0.15) is 0 Å². The molecule has 0 unspecified atom stereocenters. The Hall–Kier alpha value is -2.28. The first-order chi connectivity index (χ1) is 14.8. The van der Waals surface area contributed by atoms with Crippen molar-refractivity contribution in [2.45, 2.75) is 65.1 Å². The highest BCUT2D eigenvalue weighted by atomic mass is 16.6. The van der Waals surface area contributed by atoms with Gasteiger partial charge >= 0.3 is 6.09 Å². The van der Waals surface area contributed by atoms with Gasteiger partial charge in [-0.05, 0) is 58.9 Å². The molecule has 1 saturated heterocycles. The molecule has 1 amide bonds. The van der Waals surface area contributed by atoms with Crippen molar-refractivity contribution in [3.8, 4) is 0 Å². The molecule has 0 bridgehead atoms. The number of likely N-dealkylation sites (tertiary alicyclic amines) is 1. The number of carbonyl (C=O) groups excluding carboxylic acids is 1. The summed E-state index contributed by atoms with van der Waals surface area (Å²) >= 11 is 0. The van der Waals surface area contributed by atoms with E-state index in [1.54, 1.807) is 0 Å². The maximum Gasteiger partial charge on any atom is 0.407 e. The van der Waals surface area contributed by atoms with Crippen molar-refractivity contribution in [2.75, 3.05) is 39.8 Å². The molecule has 0 radical (unpaired) electrons. The van der Waals surface area contributed by atoms with Gasteiger partial charge in [-0.3, -0.25) is 4.99 Å². The molecular formula is C24H40N4O3. The summed E-state index contributed by atoms with van der Waals surface area (Å²) in [5.41, 5.74) is 2.16. The van der Waals surface area contributed by atoms with Gasteiger partial charge < -0.3 is 25.0 Å². The van der Waals surface area contributed by atoms with Crippen LogP contribution in [0.3, 0.4) is 0 Å². The first-order valence-corrected chi connectivity index (χ1v) is 11.4. The third-order valence-corrected chi connectivity index (χ3v) is 5.11. The SMILES string of the molecule is CN=C(NCCc1ccc(C)cc1)N1CCC(OCCCNC(=O)OC(C)(C)C)CC1. The summed E-state index contributed by atoms with van der Waals surface area (Å²) in [4.78, 5) is 18.4. The Balaban J connectivity index is 1.58. The number of hydrogen-bond acceptors (Lipinski definition) is 4. The molecule has 7 nitrogen and oxygen atoms in total. The van der Waals surface area contributed by atoms with Crippen molar-refractivity contribution in [2.24, 2.45) is 4.99 Å². The van der Waals surface area contributed by atoms with Gasteiger partial charge in [0.1, 0.15) is 5.60 Å². The van der Waals surface area contributed by atoms with E-state index in [4.69, 9.17) is 9.47 Å². The highest BCUT2D eigenvalue weighted by Crippen LogP contribution is 2.14. The smallest absolute Gasteiger partial charge is 0.407 e. The van der Waals surface area contributed by atoms with Gasteiger partial charge in [0.25, 0.3) is 0 Å². The molecule has 1 aromatic rings. The Kier molecular flexibility index (Phi) is 10.1. The molecule has 174 valence electrons. The molecule has 2 N–H and O–H groups in total. The molecule has 1 fully saturated rings. The minimum Gasteiger partial charge on any atom is -0.444 e. The van der Waals surface area contributed by atoms with Crippen molar-refractivity contribution in [3.05, 3.63) is 35.4 Å². The number of hydrogen-bond donors (Lipinski definition) is 2. The molecule has 0 atom stereocenters. The lowest BCUT2D eigenvalue weighted by Gasteiger charge is -2.34. The minimum atomic E-state index is -0.468. The molecule has 31 heavy (non-hydrogen) atoms. The zero-order chi connectivity index (χ0) is 22.7. The van der Waals surface area contributed by atoms with Crippen molar-refractivity contribution >= 4 is 12.1 Å². The van der Waals surface area contributed by atoms with Crippen LogP contribution in [0.1, 0.15) is 51.2 Å². The minimum absolute atomic E-state index is 0.267. The van der Waals surface area contributed by atoms with Crippen LogP contribution < -0.4 is 10.6 Å². The van der Waals surface area contributed by atoms with Crippen molar-refractivity contribution in [1.82, 2.24) is 15.5 Å². The Bertz CT molecular complexity index is 690. The average Bonchev–Trinajstić information content (AvgIpc) is 2.72. The summed E-state index contributed by atoms with van der Waals surface area (Å²) in [5, 5.41) is 6.25. The summed E-state index contributed by atoms with van der Waals surface area (Å²) < 4.78 is 11.2. The maximum absolute atomic E-state index is 11.6. The van der Waals surface area contributed by atoms with Crippen LogP contribution in [0.15, 0.2) is 29.3 Å². The van der Waals surface area contributed by atoms with Gasteiger partial charge in [0.15, 0.2) is 5.96 Å². The molecular weight excluding hydrogens is 392 g/mol. The zero-order valence-electron chi connectivity index (χ0n) is 19.9. The van der Waals surface area contributed by atoms with Crippen LogP contribution in [0.5, 0.6) is 0 Å². The van der Waals surface area contributed by atoms with Crippen LogP contribution in [-0.2, 0) is 15.9 Å². The number of amides is 1. The van der Waals surface area contributed by atoms with Crippen LogP contribution >= 0.6 is 0 Å². The summed E-state index contributed by atoms with van der Waals surface area (Å²) in [6.45, 7) is 11.6. The normalized spacial score (nSPS) is 15.6. The van der Waals surface area contributed by atoms with E-state index in [1.165, 1.54) is 11.1 Å². The quantitative estimate of drug-likeness (QED) is 0.374. The third kappa shape index (κ3) is 10.0. The number of aliphatic imine (C=N–C) groups is 1. The fourth-order valence-corrected chi connectivity index (χ4v) is 3.47. The number of piperidine rings is 1. The number of nitrogens with zero attached hydrogens (tertiary/aromatic N) is 2. The Morgan fingerprint density at radius 3 is 2.42 bits per heavy atom. The number of nitrogens with one attached hydrogen (secondary N) is 2. The third-order valence-electron chi connectivity index (χ3n) is 5.11. The number of benzene rings is 1. The number of aryl methyl sites for hydroxylation is 1. The van der Waals surface area contributed by atoms with Gasteiger partial charge in [-0.25, -0.2) is 4.79 Å². The van der Waals surface area contributed by atoms with Crippen LogP contribution in [0.4, 0.5) is 4.79 Å².